The summed E-state index contributed by atoms with van der Waals surface area (Å²) in [5, 5.41) is 21.1. The predicted molar refractivity (Wildman–Crippen MR) is 166 cm³/mol. The smallest absolute Gasteiger partial charge is 0.253 e. The van der Waals surface area contributed by atoms with Crippen LogP contribution in [-0.2, 0) is 11.2 Å². The molecule has 2 aromatic rings. The van der Waals surface area contributed by atoms with Crippen molar-refractivity contribution in [2.75, 3.05) is 33.4 Å². The summed E-state index contributed by atoms with van der Waals surface area (Å²) in [5.74, 6) is 1.76. The third-order valence-electron chi connectivity index (χ3n) is 10.8. The molecule has 0 aliphatic heterocycles. The maximum atomic E-state index is 16.0. The number of nitrogens with zero attached hydrogens (tertiary/aromatic N) is 1. The quantitative estimate of drug-likeness (QED) is 0.246. The fourth-order valence-electron chi connectivity index (χ4n) is 8.66. The van der Waals surface area contributed by atoms with Crippen LogP contribution in [-0.4, -0.2) is 66.7 Å². The minimum atomic E-state index is -0.976. The van der Waals surface area contributed by atoms with Gasteiger partial charge in [0.25, 0.3) is 5.91 Å². The van der Waals surface area contributed by atoms with Crippen LogP contribution in [0.15, 0.2) is 42.5 Å². The third-order valence-corrected chi connectivity index (χ3v) is 10.8. The van der Waals surface area contributed by atoms with Gasteiger partial charge in [-0.1, -0.05) is 32.3 Å². The van der Waals surface area contributed by atoms with Gasteiger partial charge in [0.2, 0.25) is 0 Å². The van der Waals surface area contributed by atoms with Gasteiger partial charge in [-0.2, -0.15) is 0 Å². The number of phenolic OH excluding ortho intramolecular Hbond substituents is 1. The van der Waals surface area contributed by atoms with Gasteiger partial charge in [0.05, 0.1) is 19.3 Å². The third kappa shape index (κ3) is 6.73. The largest absolute Gasteiger partial charge is 0.508 e. The highest BCUT2D eigenvalue weighted by Gasteiger charge is 2.59. The topological polar surface area (TPSA) is 79.2 Å². The number of carbonyl (C=O) groups excluding carboxylic acids is 1. The number of rotatable bonds is 13. The van der Waals surface area contributed by atoms with Gasteiger partial charge < -0.3 is 24.6 Å². The van der Waals surface area contributed by atoms with E-state index in [2.05, 4.69) is 6.92 Å². The summed E-state index contributed by atoms with van der Waals surface area (Å²) in [4.78, 5) is 15.1. The number of halogens is 1. The van der Waals surface area contributed by atoms with Gasteiger partial charge in [-0.3, -0.25) is 4.79 Å². The molecule has 2 fully saturated rings. The fourth-order valence-corrected chi connectivity index (χ4v) is 8.66. The zero-order chi connectivity index (χ0) is 30.6. The maximum absolute atomic E-state index is 16.0. The van der Waals surface area contributed by atoms with E-state index < -0.39 is 12.3 Å². The van der Waals surface area contributed by atoms with E-state index in [0.29, 0.717) is 50.1 Å². The number of benzene rings is 2. The van der Waals surface area contributed by atoms with Crippen LogP contribution in [0.3, 0.4) is 0 Å². The van der Waals surface area contributed by atoms with Crippen molar-refractivity contribution in [3.05, 3.63) is 59.2 Å². The van der Waals surface area contributed by atoms with Crippen LogP contribution in [0, 0.1) is 23.2 Å². The Labute approximate surface area is 256 Å². The lowest BCUT2D eigenvalue weighted by molar-refractivity contribution is -0.0722. The molecule has 1 amide bonds. The number of fused-ring (bicyclic) bond motifs is 5. The number of alkyl halides is 1. The number of hydrogen-bond acceptors (Lipinski definition) is 5. The number of aromatic hydroxyl groups is 1. The first kappa shape index (κ1) is 31.8. The molecule has 3 aliphatic rings. The van der Waals surface area contributed by atoms with Crippen LogP contribution in [0.5, 0.6) is 11.5 Å². The van der Waals surface area contributed by atoms with Crippen LogP contribution in [0.2, 0.25) is 0 Å². The first-order chi connectivity index (χ1) is 20.8. The van der Waals surface area contributed by atoms with Crippen molar-refractivity contribution in [3.8, 4) is 11.5 Å². The zero-order valence-corrected chi connectivity index (χ0v) is 26.1. The molecule has 0 bridgehead atoms. The van der Waals surface area contributed by atoms with Crippen LogP contribution < -0.4 is 4.74 Å². The van der Waals surface area contributed by atoms with E-state index in [1.165, 1.54) is 0 Å². The van der Waals surface area contributed by atoms with E-state index in [0.717, 1.165) is 68.2 Å². The number of aliphatic hydroxyl groups excluding tert-OH is 1. The van der Waals surface area contributed by atoms with E-state index in [9.17, 15) is 15.0 Å². The molecule has 2 aromatic carbocycles. The summed E-state index contributed by atoms with van der Waals surface area (Å²) in [5.41, 5.74) is 2.47. The number of ether oxygens (including phenoxy) is 2. The molecule has 5 rings (SSSR count). The molecular weight excluding hydrogens is 545 g/mol. The van der Waals surface area contributed by atoms with Crippen LogP contribution in [0.4, 0.5) is 4.39 Å². The summed E-state index contributed by atoms with van der Waals surface area (Å²) >= 11 is 0. The Bertz CT molecular complexity index is 1220. The molecule has 3 aliphatic carbocycles. The lowest BCUT2D eigenvalue weighted by Gasteiger charge is -2.54. The zero-order valence-electron chi connectivity index (χ0n) is 26.1. The van der Waals surface area contributed by atoms with Gasteiger partial charge in [0, 0.05) is 31.7 Å². The van der Waals surface area contributed by atoms with E-state index in [4.69, 9.17) is 9.47 Å². The highest BCUT2D eigenvalue weighted by atomic mass is 19.1. The molecule has 6 nitrogen and oxygen atoms in total. The highest BCUT2D eigenvalue weighted by Crippen LogP contribution is 2.63. The standard InChI is InChI=1S/C36H50FNO5/c1-4-43-28-13-10-24(11-14-28)35(41)38(19-20-42-3)18-8-6-5-7-9-25-21-26-22-27(39)12-15-29(26)34-31(37)23-36(2)30(33(25)34)16-17-32(36)40/h10-15,22,25,30-34,39-40H,4-9,16-21,23H2,1-3H3/t25-,30+,31+,32+,33+,34+,36+/m1/s1. The Kier molecular flexibility index (Phi) is 10.3. The number of hydrogen-bond donors (Lipinski definition) is 2. The lowest BCUT2D eigenvalue weighted by atomic mass is 9.51. The summed E-state index contributed by atoms with van der Waals surface area (Å²) in [7, 11) is 1.65. The molecule has 0 radical (unpaired) electrons. The van der Waals surface area contributed by atoms with Gasteiger partial charge in [-0.05, 0) is 116 Å². The molecule has 0 saturated heterocycles. The van der Waals surface area contributed by atoms with Crippen molar-refractivity contribution in [1.82, 2.24) is 4.90 Å². The van der Waals surface area contributed by atoms with Crippen LogP contribution in [0.1, 0.15) is 92.6 Å². The van der Waals surface area contributed by atoms with E-state index in [1.54, 1.807) is 13.2 Å². The number of unbranched alkanes of at least 4 members (excludes halogenated alkanes) is 3. The molecule has 43 heavy (non-hydrogen) atoms. The van der Waals surface area contributed by atoms with Crippen molar-refractivity contribution < 1.29 is 28.9 Å². The number of amides is 1. The second-order valence-electron chi connectivity index (χ2n) is 13.3. The Morgan fingerprint density at radius 1 is 1.07 bits per heavy atom. The number of aliphatic hydroxyl groups is 1. The minimum absolute atomic E-state index is 0.00939. The Morgan fingerprint density at radius 3 is 2.58 bits per heavy atom. The number of methoxy groups -OCH3 is 1. The van der Waals surface area contributed by atoms with E-state index in [-0.39, 0.29) is 28.9 Å². The van der Waals surface area contributed by atoms with Crippen LogP contribution >= 0.6 is 0 Å². The molecule has 0 unspecified atom stereocenters. The molecule has 0 aromatic heterocycles. The number of phenols is 1. The van der Waals surface area contributed by atoms with Crippen molar-refractivity contribution in [3.63, 3.8) is 0 Å². The highest BCUT2D eigenvalue weighted by molar-refractivity contribution is 5.94. The minimum Gasteiger partial charge on any atom is -0.508 e. The molecular formula is C36H50FNO5. The molecule has 236 valence electrons. The maximum Gasteiger partial charge on any atom is 0.253 e. The molecule has 2 N–H and O–H groups in total. The monoisotopic (exact) mass is 595 g/mol. The van der Waals surface area contributed by atoms with Gasteiger partial charge in [-0.25, -0.2) is 4.39 Å². The lowest BCUT2D eigenvalue weighted by Crippen LogP contribution is -2.51. The van der Waals surface area contributed by atoms with Gasteiger partial charge in [0.1, 0.15) is 17.7 Å². The van der Waals surface area contributed by atoms with E-state index in [1.807, 2.05) is 48.2 Å². The second kappa shape index (κ2) is 14.0. The van der Waals surface area contributed by atoms with E-state index >= 15 is 4.39 Å². The predicted octanol–water partition coefficient (Wildman–Crippen LogP) is 6.92. The summed E-state index contributed by atoms with van der Waals surface area (Å²) in [6.45, 7) is 6.37. The van der Waals surface area contributed by atoms with Crippen LogP contribution in [0.25, 0.3) is 0 Å². The molecule has 0 heterocycles. The average molecular weight is 596 g/mol. The first-order valence-electron chi connectivity index (χ1n) is 16.4. The van der Waals surface area contributed by atoms with Gasteiger partial charge in [0.15, 0.2) is 0 Å². The fraction of sp³-hybridized carbons (Fsp3) is 0.639. The van der Waals surface area contributed by atoms with Gasteiger partial charge in [-0.15, -0.1) is 0 Å². The number of carbonyl (C=O) groups is 1. The molecule has 0 spiro atoms. The molecule has 7 atom stereocenters. The normalized spacial score (nSPS) is 29.4. The Balaban J connectivity index is 1.18. The first-order valence-corrected chi connectivity index (χ1v) is 16.4. The van der Waals surface area contributed by atoms with Crippen molar-refractivity contribution in [1.29, 1.82) is 0 Å². The molecule has 2 saturated carbocycles. The molecule has 7 heteroatoms. The van der Waals surface area contributed by atoms with Crippen molar-refractivity contribution in [2.45, 2.75) is 89.8 Å². The van der Waals surface area contributed by atoms with Gasteiger partial charge >= 0.3 is 0 Å². The summed E-state index contributed by atoms with van der Waals surface area (Å²) in [6, 6.07) is 12.8. The Morgan fingerprint density at radius 2 is 1.84 bits per heavy atom. The summed E-state index contributed by atoms with van der Waals surface area (Å²) in [6.07, 6.45) is 6.67. The van der Waals surface area contributed by atoms with Crippen molar-refractivity contribution >= 4 is 5.91 Å². The second-order valence-corrected chi connectivity index (χ2v) is 13.3. The average Bonchev–Trinajstić information content (AvgIpc) is 3.29. The Hall–Kier alpha value is -2.64. The summed E-state index contributed by atoms with van der Waals surface area (Å²) < 4.78 is 26.8. The van der Waals surface area contributed by atoms with Crippen molar-refractivity contribution in [2.24, 2.45) is 23.2 Å². The SMILES string of the molecule is CCOc1ccc(C(=O)N(CCCCCC[C@@H]2Cc3cc(O)ccc3[C@@H]3[C@@H]2[C@@H]2CC[C@H](O)[C@@]2(C)C[C@@H]3F)CCOC)cc1.